The Morgan fingerprint density at radius 1 is 1.20 bits per heavy atom. The van der Waals surface area contributed by atoms with Crippen molar-refractivity contribution in [2.75, 3.05) is 5.73 Å². The Hall–Kier alpha value is -2.36. The van der Waals surface area contributed by atoms with Crippen molar-refractivity contribution in [1.82, 2.24) is 9.55 Å². The minimum atomic E-state index is -0.318. The lowest BCUT2D eigenvalue weighted by atomic mass is 9.77. The molecule has 1 aliphatic carbocycles. The number of aromatic nitrogens is 2. The number of halogens is 1. The number of fused-ring (bicyclic) bond motifs is 2. The topological polar surface area (TPSA) is 43.8 Å². The SMILES string of the molecule is Nc1nc2c(F)cccc2n1CC1Cc2ccccc21. The summed E-state index contributed by atoms with van der Waals surface area (Å²) in [5.74, 6) is 0.505. The first-order valence-corrected chi connectivity index (χ1v) is 6.72. The standard InChI is InChI=1S/C16H14FN3/c17-13-6-3-7-14-15(13)19-16(18)20(14)9-11-8-10-4-1-2-5-12(10)11/h1-7,11H,8-9H2,(H2,18,19). The van der Waals surface area contributed by atoms with Crippen molar-refractivity contribution in [2.24, 2.45) is 0 Å². The van der Waals surface area contributed by atoms with E-state index in [1.807, 2.05) is 10.6 Å². The highest BCUT2D eigenvalue weighted by Gasteiger charge is 2.27. The molecule has 4 rings (SSSR count). The summed E-state index contributed by atoms with van der Waals surface area (Å²) in [4.78, 5) is 4.15. The highest BCUT2D eigenvalue weighted by atomic mass is 19.1. The molecule has 20 heavy (non-hydrogen) atoms. The zero-order valence-corrected chi connectivity index (χ0v) is 10.9. The van der Waals surface area contributed by atoms with Gasteiger partial charge in [0, 0.05) is 12.5 Å². The number of benzene rings is 2. The van der Waals surface area contributed by atoms with E-state index in [9.17, 15) is 4.39 Å². The largest absolute Gasteiger partial charge is 0.369 e. The second-order valence-electron chi connectivity index (χ2n) is 5.29. The van der Waals surface area contributed by atoms with Gasteiger partial charge in [0.15, 0.2) is 5.82 Å². The summed E-state index contributed by atoms with van der Waals surface area (Å²) < 4.78 is 15.6. The molecule has 2 N–H and O–H groups in total. The molecule has 3 nitrogen and oxygen atoms in total. The summed E-state index contributed by atoms with van der Waals surface area (Å²) in [7, 11) is 0. The van der Waals surface area contributed by atoms with E-state index >= 15 is 0 Å². The first-order valence-electron chi connectivity index (χ1n) is 6.72. The molecule has 0 radical (unpaired) electrons. The Kier molecular flexibility index (Phi) is 2.33. The van der Waals surface area contributed by atoms with E-state index in [2.05, 4.69) is 29.2 Å². The van der Waals surface area contributed by atoms with Gasteiger partial charge in [0.05, 0.1) is 5.52 Å². The van der Waals surface area contributed by atoms with Crippen molar-refractivity contribution in [3.8, 4) is 0 Å². The van der Waals surface area contributed by atoms with Crippen LogP contribution in [0.5, 0.6) is 0 Å². The molecule has 0 aliphatic heterocycles. The number of anilines is 1. The zero-order chi connectivity index (χ0) is 13.7. The third kappa shape index (κ3) is 1.54. The Morgan fingerprint density at radius 2 is 2.05 bits per heavy atom. The fourth-order valence-electron chi connectivity index (χ4n) is 3.07. The molecule has 1 atom stereocenters. The van der Waals surface area contributed by atoms with Crippen molar-refractivity contribution in [3.63, 3.8) is 0 Å². The van der Waals surface area contributed by atoms with Gasteiger partial charge >= 0.3 is 0 Å². The number of para-hydroxylation sites is 1. The molecular formula is C16H14FN3. The van der Waals surface area contributed by atoms with Crippen molar-refractivity contribution < 1.29 is 4.39 Å². The van der Waals surface area contributed by atoms with Crippen LogP contribution in [0.25, 0.3) is 11.0 Å². The lowest BCUT2D eigenvalue weighted by Gasteiger charge is -2.30. The lowest BCUT2D eigenvalue weighted by molar-refractivity contribution is 0.520. The molecule has 0 amide bonds. The van der Waals surface area contributed by atoms with Gasteiger partial charge in [0.2, 0.25) is 5.95 Å². The Balaban J connectivity index is 1.74. The summed E-state index contributed by atoms with van der Waals surface area (Å²) in [5.41, 5.74) is 9.84. The van der Waals surface area contributed by atoms with Gasteiger partial charge < -0.3 is 10.3 Å². The Morgan fingerprint density at radius 3 is 2.90 bits per heavy atom. The van der Waals surface area contributed by atoms with E-state index in [-0.39, 0.29) is 5.82 Å². The van der Waals surface area contributed by atoms with E-state index in [4.69, 9.17) is 5.73 Å². The summed E-state index contributed by atoms with van der Waals surface area (Å²) >= 11 is 0. The average molecular weight is 267 g/mol. The van der Waals surface area contributed by atoms with Gasteiger partial charge in [0.25, 0.3) is 0 Å². The van der Waals surface area contributed by atoms with E-state index in [1.54, 1.807) is 6.07 Å². The maximum absolute atomic E-state index is 13.7. The molecule has 1 aliphatic rings. The van der Waals surface area contributed by atoms with Crippen LogP contribution in [-0.4, -0.2) is 9.55 Å². The van der Waals surface area contributed by atoms with Crippen molar-refractivity contribution in [1.29, 1.82) is 0 Å². The second kappa shape index (κ2) is 4.07. The van der Waals surface area contributed by atoms with Gasteiger partial charge in [-0.15, -0.1) is 0 Å². The van der Waals surface area contributed by atoms with E-state index in [0.29, 0.717) is 17.4 Å². The predicted molar refractivity (Wildman–Crippen MR) is 77.0 cm³/mol. The lowest BCUT2D eigenvalue weighted by Crippen LogP contribution is -2.22. The fourth-order valence-corrected chi connectivity index (χ4v) is 3.07. The highest BCUT2D eigenvalue weighted by Crippen LogP contribution is 2.37. The van der Waals surface area contributed by atoms with Crippen LogP contribution in [0.15, 0.2) is 42.5 Å². The van der Waals surface area contributed by atoms with Gasteiger partial charge in [-0.3, -0.25) is 0 Å². The molecule has 1 unspecified atom stereocenters. The van der Waals surface area contributed by atoms with Crippen molar-refractivity contribution in [3.05, 3.63) is 59.4 Å². The van der Waals surface area contributed by atoms with Gasteiger partial charge in [0.1, 0.15) is 5.52 Å². The summed E-state index contributed by atoms with van der Waals surface area (Å²) in [6.45, 7) is 0.753. The quantitative estimate of drug-likeness (QED) is 0.775. The molecule has 0 saturated carbocycles. The van der Waals surface area contributed by atoms with Crippen LogP contribution in [0, 0.1) is 5.82 Å². The van der Waals surface area contributed by atoms with E-state index < -0.39 is 0 Å². The summed E-state index contributed by atoms with van der Waals surface area (Å²) in [6.07, 6.45) is 1.05. The molecule has 2 aromatic carbocycles. The molecular weight excluding hydrogens is 253 g/mol. The molecule has 3 aromatic rings. The van der Waals surface area contributed by atoms with Crippen LogP contribution in [0.3, 0.4) is 0 Å². The Labute approximate surface area is 115 Å². The van der Waals surface area contributed by atoms with Crippen LogP contribution in [-0.2, 0) is 13.0 Å². The minimum Gasteiger partial charge on any atom is -0.369 e. The van der Waals surface area contributed by atoms with Crippen molar-refractivity contribution in [2.45, 2.75) is 18.9 Å². The van der Waals surface area contributed by atoms with E-state index in [0.717, 1.165) is 18.5 Å². The number of nitrogen functional groups attached to an aromatic ring is 1. The third-order valence-corrected chi connectivity index (χ3v) is 4.12. The van der Waals surface area contributed by atoms with Gasteiger partial charge in [-0.1, -0.05) is 30.3 Å². The summed E-state index contributed by atoms with van der Waals surface area (Å²) in [5, 5.41) is 0. The first-order chi connectivity index (χ1) is 9.74. The normalized spacial score (nSPS) is 16.9. The highest BCUT2D eigenvalue weighted by molar-refractivity contribution is 5.78. The van der Waals surface area contributed by atoms with Gasteiger partial charge in [-0.05, 0) is 29.7 Å². The van der Waals surface area contributed by atoms with Crippen LogP contribution in [0.2, 0.25) is 0 Å². The van der Waals surface area contributed by atoms with Crippen LogP contribution < -0.4 is 5.73 Å². The number of nitrogens with two attached hydrogens (primary N) is 1. The number of hydrogen-bond acceptors (Lipinski definition) is 2. The summed E-state index contributed by atoms with van der Waals surface area (Å²) in [6, 6.07) is 13.4. The smallest absolute Gasteiger partial charge is 0.201 e. The van der Waals surface area contributed by atoms with Crippen LogP contribution >= 0.6 is 0 Å². The number of hydrogen-bond donors (Lipinski definition) is 1. The molecule has 100 valence electrons. The number of rotatable bonds is 2. The van der Waals surface area contributed by atoms with Crippen LogP contribution in [0.4, 0.5) is 10.3 Å². The van der Waals surface area contributed by atoms with Crippen molar-refractivity contribution >= 4 is 17.0 Å². The predicted octanol–water partition coefficient (Wildman–Crippen LogP) is 3.10. The zero-order valence-electron chi connectivity index (χ0n) is 10.9. The molecule has 1 aromatic heterocycles. The third-order valence-electron chi connectivity index (χ3n) is 4.12. The second-order valence-corrected chi connectivity index (χ2v) is 5.29. The molecule has 1 heterocycles. The number of imidazole rings is 1. The number of nitrogens with zero attached hydrogens (tertiary/aromatic N) is 2. The minimum absolute atomic E-state index is 0.318. The molecule has 0 spiro atoms. The molecule has 0 fully saturated rings. The van der Waals surface area contributed by atoms with Gasteiger partial charge in [-0.2, -0.15) is 0 Å². The molecule has 0 saturated heterocycles. The maximum Gasteiger partial charge on any atom is 0.201 e. The van der Waals surface area contributed by atoms with E-state index in [1.165, 1.54) is 17.2 Å². The molecule has 0 bridgehead atoms. The van der Waals surface area contributed by atoms with Crippen LogP contribution in [0.1, 0.15) is 17.0 Å². The van der Waals surface area contributed by atoms with Gasteiger partial charge in [-0.25, -0.2) is 9.37 Å². The average Bonchev–Trinajstić information content (AvgIpc) is 2.74. The monoisotopic (exact) mass is 267 g/mol. The molecule has 4 heteroatoms. The fraction of sp³-hybridized carbons (Fsp3) is 0.188. The first kappa shape index (κ1) is 11.5. The Bertz CT molecular complexity index is 807. The maximum atomic E-state index is 13.7.